The average Bonchev–Trinajstić information content (AvgIpc) is 2.64. The van der Waals surface area contributed by atoms with E-state index in [0.717, 1.165) is 64.0 Å². The quantitative estimate of drug-likeness (QED) is 0.857. The smallest absolute Gasteiger partial charge is 0.146 e. The Hall–Kier alpha value is -1.64. The van der Waals surface area contributed by atoms with Gasteiger partial charge in [0, 0.05) is 25.4 Å². The van der Waals surface area contributed by atoms with Crippen molar-refractivity contribution in [2.24, 2.45) is 0 Å². The van der Waals surface area contributed by atoms with Crippen LogP contribution in [-0.2, 0) is 17.6 Å². The first-order chi connectivity index (χ1) is 11.7. The van der Waals surface area contributed by atoms with Crippen LogP contribution in [0.1, 0.15) is 55.3 Å². The molecule has 2 aliphatic heterocycles. The Morgan fingerprint density at radius 2 is 2.04 bits per heavy atom. The summed E-state index contributed by atoms with van der Waals surface area (Å²) < 4.78 is 5.99. The maximum atomic E-state index is 10.4. The van der Waals surface area contributed by atoms with Gasteiger partial charge in [0.25, 0.3) is 0 Å². The molecule has 2 saturated heterocycles. The fourth-order valence-electron chi connectivity index (χ4n) is 4.43. The Labute approximate surface area is 143 Å². The van der Waals surface area contributed by atoms with Crippen LogP contribution >= 0.6 is 0 Å². The van der Waals surface area contributed by atoms with Crippen LogP contribution in [0.25, 0.3) is 0 Å². The molecule has 5 heteroatoms. The number of nitrogens with zero attached hydrogens (tertiary/aromatic N) is 3. The number of aliphatic hydroxyl groups is 1. The molecule has 0 saturated carbocycles. The van der Waals surface area contributed by atoms with Crippen molar-refractivity contribution in [1.29, 1.82) is 5.26 Å². The minimum Gasteiger partial charge on any atom is -0.390 e. The number of fused-ring (bicyclic) bond motifs is 1. The molecule has 0 aromatic carbocycles. The molecule has 5 nitrogen and oxygen atoms in total. The van der Waals surface area contributed by atoms with Crippen molar-refractivity contribution in [3.63, 3.8) is 0 Å². The summed E-state index contributed by atoms with van der Waals surface area (Å²) in [5.41, 5.74) is 2.73. The molecule has 1 atom stereocenters. The van der Waals surface area contributed by atoms with Crippen LogP contribution in [0.5, 0.6) is 0 Å². The largest absolute Gasteiger partial charge is 0.390 e. The highest BCUT2D eigenvalue weighted by Crippen LogP contribution is 2.37. The summed E-state index contributed by atoms with van der Waals surface area (Å²) in [5, 5.41) is 19.9. The summed E-state index contributed by atoms with van der Waals surface area (Å²) in [7, 11) is 0. The topological polar surface area (TPSA) is 69.4 Å². The molecule has 4 rings (SSSR count). The highest BCUT2D eigenvalue weighted by Gasteiger charge is 2.44. The van der Waals surface area contributed by atoms with Gasteiger partial charge in [0.05, 0.1) is 17.3 Å². The average molecular weight is 327 g/mol. The van der Waals surface area contributed by atoms with Gasteiger partial charge in [-0.15, -0.1) is 0 Å². The number of aliphatic hydroxyl groups excluding tert-OH is 1. The Bertz CT molecular complexity index is 659. The molecule has 2 fully saturated rings. The third kappa shape index (κ3) is 2.68. The van der Waals surface area contributed by atoms with E-state index >= 15 is 0 Å². The molecule has 1 spiro atoms. The molecule has 1 aromatic heterocycles. The number of nitriles is 1. The molecule has 128 valence electrons. The Morgan fingerprint density at radius 3 is 2.79 bits per heavy atom. The number of rotatable bonds is 1. The lowest BCUT2D eigenvalue weighted by Gasteiger charge is -2.47. The Balaban J connectivity index is 1.56. The van der Waals surface area contributed by atoms with E-state index in [9.17, 15) is 10.4 Å². The Morgan fingerprint density at radius 1 is 1.25 bits per heavy atom. The summed E-state index contributed by atoms with van der Waals surface area (Å²) >= 11 is 0. The first kappa shape index (κ1) is 15.9. The summed E-state index contributed by atoms with van der Waals surface area (Å²) in [6.45, 7) is 2.33. The lowest BCUT2D eigenvalue weighted by atomic mass is 9.82. The van der Waals surface area contributed by atoms with E-state index in [4.69, 9.17) is 9.72 Å². The number of hydrogen-bond donors (Lipinski definition) is 1. The van der Waals surface area contributed by atoms with Crippen LogP contribution in [0.4, 0.5) is 5.82 Å². The second-order valence-electron chi connectivity index (χ2n) is 7.34. The predicted molar refractivity (Wildman–Crippen MR) is 91.0 cm³/mol. The molecular formula is C19H25N3O2. The number of piperidine rings is 1. The second kappa shape index (κ2) is 6.34. The fraction of sp³-hybridized carbons (Fsp3) is 0.684. The standard InChI is InChI=1S/C19H25N3O2/c20-13-15-12-14-4-1-2-5-16(14)21-18(15)22-9-7-19(8-10-22)17(23)6-3-11-24-19/h12,17,23H,1-11H2. The van der Waals surface area contributed by atoms with E-state index in [0.29, 0.717) is 5.56 Å². The van der Waals surface area contributed by atoms with Gasteiger partial charge < -0.3 is 14.7 Å². The molecule has 0 bridgehead atoms. The zero-order chi connectivity index (χ0) is 16.6. The number of hydrogen-bond acceptors (Lipinski definition) is 5. The summed E-state index contributed by atoms with van der Waals surface area (Å²) in [4.78, 5) is 7.07. The zero-order valence-electron chi connectivity index (χ0n) is 14.1. The van der Waals surface area contributed by atoms with Crippen molar-refractivity contribution in [2.45, 2.75) is 63.1 Å². The molecule has 1 unspecified atom stereocenters. The van der Waals surface area contributed by atoms with Gasteiger partial charge in [0.2, 0.25) is 0 Å². The molecule has 1 N–H and O–H groups in total. The van der Waals surface area contributed by atoms with Crippen molar-refractivity contribution in [1.82, 2.24) is 4.98 Å². The monoisotopic (exact) mass is 327 g/mol. The van der Waals surface area contributed by atoms with Crippen LogP contribution in [0.2, 0.25) is 0 Å². The van der Waals surface area contributed by atoms with Crippen LogP contribution < -0.4 is 4.90 Å². The molecule has 24 heavy (non-hydrogen) atoms. The third-order valence-corrected chi connectivity index (χ3v) is 5.93. The molecule has 3 aliphatic rings. The summed E-state index contributed by atoms with van der Waals surface area (Å²) in [5.74, 6) is 0.832. The normalized spacial score (nSPS) is 26.0. The van der Waals surface area contributed by atoms with Crippen molar-refractivity contribution < 1.29 is 9.84 Å². The SMILES string of the molecule is N#Cc1cc2c(nc1N1CCC3(CC1)OCCCC3O)CCCC2. The fourth-order valence-corrected chi connectivity index (χ4v) is 4.43. The van der Waals surface area contributed by atoms with Crippen molar-refractivity contribution in [2.75, 3.05) is 24.6 Å². The summed E-state index contributed by atoms with van der Waals surface area (Å²) in [6.07, 6.45) is 7.47. The van der Waals surface area contributed by atoms with Crippen molar-refractivity contribution in [3.05, 3.63) is 22.9 Å². The highest BCUT2D eigenvalue weighted by atomic mass is 16.5. The van der Waals surface area contributed by atoms with Crippen LogP contribution in [0.15, 0.2) is 6.07 Å². The van der Waals surface area contributed by atoms with E-state index in [1.54, 1.807) is 0 Å². The molecule has 0 radical (unpaired) electrons. The molecule has 0 amide bonds. The number of pyridine rings is 1. The van der Waals surface area contributed by atoms with Gasteiger partial charge in [-0.1, -0.05) is 0 Å². The number of ether oxygens (including phenoxy) is 1. The van der Waals surface area contributed by atoms with Gasteiger partial charge in [0.1, 0.15) is 11.9 Å². The van der Waals surface area contributed by atoms with Gasteiger partial charge >= 0.3 is 0 Å². The zero-order valence-corrected chi connectivity index (χ0v) is 14.1. The third-order valence-electron chi connectivity index (χ3n) is 5.93. The van der Waals surface area contributed by atoms with Crippen LogP contribution in [0.3, 0.4) is 0 Å². The van der Waals surface area contributed by atoms with Gasteiger partial charge in [-0.25, -0.2) is 4.98 Å². The highest BCUT2D eigenvalue weighted by molar-refractivity contribution is 5.57. The van der Waals surface area contributed by atoms with Crippen LogP contribution in [-0.4, -0.2) is 41.5 Å². The predicted octanol–water partition coefficient (Wildman–Crippen LogP) is 2.34. The molecular weight excluding hydrogens is 302 g/mol. The van der Waals surface area contributed by atoms with Crippen LogP contribution in [0, 0.1) is 11.3 Å². The van der Waals surface area contributed by atoms with E-state index < -0.39 is 0 Å². The number of aryl methyl sites for hydroxylation is 2. The maximum absolute atomic E-state index is 10.4. The van der Waals surface area contributed by atoms with Crippen molar-refractivity contribution >= 4 is 5.82 Å². The molecule has 3 heterocycles. The molecule has 1 aliphatic carbocycles. The number of anilines is 1. The molecule has 1 aromatic rings. The lowest BCUT2D eigenvalue weighted by Crippen LogP contribution is -2.55. The first-order valence-corrected chi connectivity index (χ1v) is 9.22. The minimum absolute atomic E-state index is 0.361. The second-order valence-corrected chi connectivity index (χ2v) is 7.34. The van der Waals surface area contributed by atoms with E-state index in [-0.39, 0.29) is 11.7 Å². The summed E-state index contributed by atoms with van der Waals surface area (Å²) in [6, 6.07) is 4.39. The lowest BCUT2D eigenvalue weighted by molar-refractivity contribution is -0.164. The van der Waals surface area contributed by atoms with Crippen molar-refractivity contribution in [3.8, 4) is 6.07 Å². The van der Waals surface area contributed by atoms with Gasteiger partial charge in [-0.05, 0) is 63.0 Å². The first-order valence-electron chi connectivity index (χ1n) is 9.22. The van der Waals surface area contributed by atoms with E-state index in [1.165, 1.54) is 24.1 Å². The Kier molecular flexibility index (Phi) is 4.19. The van der Waals surface area contributed by atoms with Gasteiger partial charge in [-0.3, -0.25) is 0 Å². The van der Waals surface area contributed by atoms with E-state index in [1.807, 2.05) is 6.07 Å². The minimum atomic E-state index is -0.379. The van der Waals surface area contributed by atoms with E-state index in [2.05, 4.69) is 11.0 Å². The maximum Gasteiger partial charge on any atom is 0.146 e. The number of aromatic nitrogens is 1. The van der Waals surface area contributed by atoms with Gasteiger partial charge in [-0.2, -0.15) is 5.26 Å². The van der Waals surface area contributed by atoms with Gasteiger partial charge in [0.15, 0.2) is 0 Å².